The number of ketones is 1. The Balaban J connectivity index is 2.65. The quantitative estimate of drug-likeness (QED) is 0.840. The molecule has 0 aliphatic heterocycles. The van der Waals surface area contributed by atoms with Crippen molar-refractivity contribution < 1.29 is 9.59 Å². The molecule has 0 aliphatic carbocycles. The lowest BCUT2D eigenvalue weighted by Gasteiger charge is -2.15. The summed E-state index contributed by atoms with van der Waals surface area (Å²) in [6.45, 7) is 4.99. The number of benzene rings is 1. The van der Waals surface area contributed by atoms with Crippen molar-refractivity contribution >= 4 is 11.7 Å². The molecule has 2 atom stereocenters. The summed E-state index contributed by atoms with van der Waals surface area (Å²) in [5, 5.41) is 2.69. The van der Waals surface area contributed by atoms with Gasteiger partial charge in [0.05, 0.1) is 12.0 Å². The number of carbonyl (C=O) groups excluding carboxylic acids is 2. The van der Waals surface area contributed by atoms with E-state index in [4.69, 9.17) is 0 Å². The van der Waals surface area contributed by atoms with E-state index in [0.717, 1.165) is 5.56 Å². The van der Waals surface area contributed by atoms with Crippen molar-refractivity contribution in [1.82, 2.24) is 5.32 Å². The van der Waals surface area contributed by atoms with Gasteiger partial charge in [-0.2, -0.15) is 0 Å². The van der Waals surface area contributed by atoms with Gasteiger partial charge in [0.1, 0.15) is 0 Å². The SMILES string of the molecule is CC(=O)C(C)NC(=O)C(C)c1ccccc1. The molecule has 1 amide bonds. The molecular weight excluding hydrogens is 202 g/mol. The molecule has 1 aromatic carbocycles. The van der Waals surface area contributed by atoms with Crippen LogP contribution in [0.25, 0.3) is 0 Å². The van der Waals surface area contributed by atoms with E-state index in [1.165, 1.54) is 6.92 Å². The molecule has 0 heterocycles. The molecule has 0 fully saturated rings. The molecule has 1 N–H and O–H groups in total. The maximum Gasteiger partial charge on any atom is 0.227 e. The zero-order valence-electron chi connectivity index (χ0n) is 9.86. The molecule has 2 unspecified atom stereocenters. The Labute approximate surface area is 95.9 Å². The summed E-state index contributed by atoms with van der Waals surface area (Å²) >= 11 is 0. The lowest BCUT2D eigenvalue weighted by atomic mass is 10.00. The van der Waals surface area contributed by atoms with Crippen LogP contribution in [0.15, 0.2) is 30.3 Å². The van der Waals surface area contributed by atoms with Gasteiger partial charge in [-0.1, -0.05) is 30.3 Å². The van der Waals surface area contributed by atoms with Crippen molar-refractivity contribution in [2.45, 2.75) is 32.7 Å². The average molecular weight is 219 g/mol. The number of nitrogens with one attached hydrogen (secondary N) is 1. The number of hydrogen-bond donors (Lipinski definition) is 1. The fourth-order valence-electron chi connectivity index (χ4n) is 1.33. The van der Waals surface area contributed by atoms with E-state index < -0.39 is 6.04 Å². The van der Waals surface area contributed by atoms with Crippen LogP contribution in [-0.2, 0) is 9.59 Å². The van der Waals surface area contributed by atoms with E-state index in [2.05, 4.69) is 5.32 Å². The van der Waals surface area contributed by atoms with Gasteiger partial charge in [0, 0.05) is 0 Å². The first-order valence-electron chi connectivity index (χ1n) is 5.38. The van der Waals surface area contributed by atoms with E-state index in [1.54, 1.807) is 6.92 Å². The van der Waals surface area contributed by atoms with Gasteiger partial charge < -0.3 is 5.32 Å². The van der Waals surface area contributed by atoms with Crippen molar-refractivity contribution in [2.24, 2.45) is 0 Å². The van der Waals surface area contributed by atoms with Crippen LogP contribution in [0, 0.1) is 0 Å². The minimum absolute atomic E-state index is 0.0337. The third-order valence-corrected chi connectivity index (χ3v) is 2.66. The van der Waals surface area contributed by atoms with Crippen LogP contribution in [0.3, 0.4) is 0 Å². The molecule has 0 saturated heterocycles. The van der Waals surface area contributed by atoms with Gasteiger partial charge in [0.2, 0.25) is 5.91 Å². The smallest absolute Gasteiger partial charge is 0.227 e. The van der Waals surface area contributed by atoms with Gasteiger partial charge in [-0.15, -0.1) is 0 Å². The minimum Gasteiger partial charge on any atom is -0.346 e. The van der Waals surface area contributed by atoms with Gasteiger partial charge in [-0.05, 0) is 26.3 Å². The highest BCUT2D eigenvalue weighted by Gasteiger charge is 2.18. The zero-order chi connectivity index (χ0) is 12.1. The third-order valence-electron chi connectivity index (χ3n) is 2.66. The summed E-state index contributed by atoms with van der Waals surface area (Å²) in [6, 6.07) is 9.09. The van der Waals surface area contributed by atoms with Crippen molar-refractivity contribution in [3.05, 3.63) is 35.9 Å². The first-order valence-corrected chi connectivity index (χ1v) is 5.38. The molecule has 0 saturated carbocycles. The van der Waals surface area contributed by atoms with E-state index in [-0.39, 0.29) is 17.6 Å². The maximum atomic E-state index is 11.8. The summed E-state index contributed by atoms with van der Waals surface area (Å²) in [6.07, 6.45) is 0. The number of Topliss-reactive ketones (excluding diaryl/α,β-unsaturated/α-hetero) is 1. The Morgan fingerprint density at radius 2 is 1.69 bits per heavy atom. The van der Waals surface area contributed by atoms with Gasteiger partial charge in [-0.25, -0.2) is 0 Å². The summed E-state index contributed by atoms with van der Waals surface area (Å²) < 4.78 is 0. The second-order valence-corrected chi connectivity index (χ2v) is 3.97. The molecule has 0 bridgehead atoms. The molecule has 3 heteroatoms. The molecular formula is C13H17NO2. The zero-order valence-corrected chi connectivity index (χ0v) is 9.86. The Hall–Kier alpha value is -1.64. The summed E-state index contributed by atoms with van der Waals surface area (Å²) in [5.74, 6) is -0.384. The number of hydrogen-bond acceptors (Lipinski definition) is 2. The first kappa shape index (κ1) is 12.4. The minimum atomic E-state index is -0.418. The van der Waals surface area contributed by atoms with Crippen molar-refractivity contribution in [1.29, 1.82) is 0 Å². The van der Waals surface area contributed by atoms with E-state index >= 15 is 0 Å². The lowest BCUT2D eigenvalue weighted by molar-refractivity contribution is -0.127. The number of amides is 1. The molecule has 86 valence electrons. The van der Waals surface area contributed by atoms with E-state index in [9.17, 15) is 9.59 Å². The van der Waals surface area contributed by atoms with E-state index in [1.807, 2.05) is 37.3 Å². The van der Waals surface area contributed by atoms with Crippen molar-refractivity contribution in [2.75, 3.05) is 0 Å². The Bertz CT molecular complexity index is 373. The summed E-state index contributed by atoms with van der Waals surface area (Å²) in [5.41, 5.74) is 0.954. The maximum absolute atomic E-state index is 11.8. The number of rotatable bonds is 4. The van der Waals surface area contributed by atoms with Crippen molar-refractivity contribution in [3.63, 3.8) is 0 Å². The third kappa shape index (κ3) is 3.19. The Morgan fingerprint density at radius 3 is 2.19 bits per heavy atom. The van der Waals surface area contributed by atoms with Crippen LogP contribution in [-0.4, -0.2) is 17.7 Å². The van der Waals surface area contributed by atoms with Gasteiger partial charge >= 0.3 is 0 Å². The monoisotopic (exact) mass is 219 g/mol. The molecule has 16 heavy (non-hydrogen) atoms. The molecule has 0 radical (unpaired) electrons. The molecule has 0 spiro atoms. The fourth-order valence-corrected chi connectivity index (χ4v) is 1.33. The predicted octanol–water partition coefficient (Wildman–Crippen LogP) is 1.88. The Kier molecular flexibility index (Phi) is 4.23. The fraction of sp³-hybridized carbons (Fsp3) is 0.385. The summed E-state index contributed by atoms with van der Waals surface area (Å²) in [4.78, 5) is 22.8. The van der Waals surface area contributed by atoms with Crippen LogP contribution in [0.2, 0.25) is 0 Å². The van der Waals surface area contributed by atoms with Crippen LogP contribution >= 0.6 is 0 Å². The highest BCUT2D eigenvalue weighted by Crippen LogP contribution is 2.14. The van der Waals surface area contributed by atoms with E-state index in [0.29, 0.717) is 0 Å². The first-order chi connectivity index (χ1) is 7.52. The van der Waals surface area contributed by atoms with Crippen molar-refractivity contribution in [3.8, 4) is 0 Å². The standard InChI is InChI=1S/C13H17NO2/c1-9(12-7-5-4-6-8-12)13(16)14-10(2)11(3)15/h4-10H,1-3H3,(H,14,16). The normalized spacial score (nSPS) is 13.9. The molecule has 0 aromatic heterocycles. The van der Waals surface area contributed by atoms with Crippen LogP contribution < -0.4 is 5.32 Å². The predicted molar refractivity (Wildman–Crippen MR) is 63.1 cm³/mol. The van der Waals surface area contributed by atoms with Crippen LogP contribution in [0.5, 0.6) is 0 Å². The highest BCUT2D eigenvalue weighted by atomic mass is 16.2. The highest BCUT2D eigenvalue weighted by molar-refractivity contribution is 5.89. The van der Waals surface area contributed by atoms with Gasteiger partial charge in [-0.3, -0.25) is 9.59 Å². The topological polar surface area (TPSA) is 46.2 Å². The molecule has 0 aliphatic rings. The molecule has 1 rings (SSSR count). The lowest BCUT2D eigenvalue weighted by Crippen LogP contribution is -2.39. The molecule has 1 aromatic rings. The largest absolute Gasteiger partial charge is 0.346 e. The van der Waals surface area contributed by atoms with Crippen LogP contribution in [0.1, 0.15) is 32.3 Å². The second kappa shape index (κ2) is 5.45. The van der Waals surface area contributed by atoms with Gasteiger partial charge in [0.25, 0.3) is 0 Å². The van der Waals surface area contributed by atoms with Gasteiger partial charge in [0.15, 0.2) is 5.78 Å². The van der Waals surface area contributed by atoms with Crippen LogP contribution in [0.4, 0.5) is 0 Å². The molecule has 3 nitrogen and oxygen atoms in total. The number of carbonyl (C=O) groups is 2. The summed E-state index contributed by atoms with van der Waals surface area (Å²) in [7, 11) is 0. The second-order valence-electron chi connectivity index (χ2n) is 3.97. The average Bonchev–Trinajstić information content (AvgIpc) is 2.28. The Morgan fingerprint density at radius 1 is 1.12 bits per heavy atom.